The third-order valence-corrected chi connectivity index (χ3v) is 4.49. The molecule has 0 aromatic heterocycles. The predicted molar refractivity (Wildman–Crippen MR) is 48.5 cm³/mol. The third-order valence-electron chi connectivity index (χ3n) is 4.49. The summed E-state index contributed by atoms with van der Waals surface area (Å²) in [6, 6.07) is 0.872. The number of hydrogen-bond donors (Lipinski definition) is 1. The summed E-state index contributed by atoms with van der Waals surface area (Å²) in [5.74, 6) is 1.09. The van der Waals surface area contributed by atoms with Crippen LogP contribution < -0.4 is 5.73 Å². The minimum atomic E-state index is 0.286. The molecule has 2 nitrogen and oxygen atoms in total. The molecule has 2 N–H and O–H groups in total. The maximum atomic E-state index is 5.96. The van der Waals surface area contributed by atoms with E-state index in [2.05, 4.69) is 11.8 Å². The van der Waals surface area contributed by atoms with E-state index in [4.69, 9.17) is 5.73 Å². The van der Waals surface area contributed by atoms with Crippen LogP contribution >= 0.6 is 0 Å². The first-order chi connectivity index (χ1) is 5.74. The highest BCUT2D eigenvalue weighted by Gasteiger charge is 2.66. The molecule has 0 bridgehead atoms. The van der Waals surface area contributed by atoms with Crippen molar-refractivity contribution in [3.05, 3.63) is 0 Å². The van der Waals surface area contributed by atoms with Crippen molar-refractivity contribution in [3.8, 4) is 0 Å². The summed E-state index contributed by atoms with van der Waals surface area (Å²) in [6.07, 6.45) is 6.12. The van der Waals surface area contributed by atoms with Crippen LogP contribution in [0.3, 0.4) is 0 Å². The molecule has 0 aromatic carbocycles. The largest absolute Gasteiger partial charge is 0.316 e. The Morgan fingerprint density at radius 2 is 2.33 bits per heavy atom. The van der Waals surface area contributed by atoms with Gasteiger partial charge in [0.25, 0.3) is 0 Å². The van der Waals surface area contributed by atoms with Crippen molar-refractivity contribution in [1.29, 1.82) is 0 Å². The molecule has 4 atom stereocenters. The van der Waals surface area contributed by atoms with Crippen molar-refractivity contribution in [3.63, 3.8) is 0 Å². The van der Waals surface area contributed by atoms with E-state index in [-0.39, 0.29) is 6.17 Å². The smallest absolute Gasteiger partial charge is 0.0545 e. The maximum Gasteiger partial charge on any atom is 0.0545 e. The first kappa shape index (κ1) is 7.34. The van der Waals surface area contributed by atoms with Crippen LogP contribution in [0.5, 0.6) is 0 Å². The Hall–Kier alpha value is -0.0800. The van der Waals surface area contributed by atoms with Gasteiger partial charge in [0.1, 0.15) is 0 Å². The Morgan fingerprint density at radius 1 is 1.50 bits per heavy atom. The van der Waals surface area contributed by atoms with Gasteiger partial charge in [-0.1, -0.05) is 0 Å². The van der Waals surface area contributed by atoms with Gasteiger partial charge in [0, 0.05) is 12.6 Å². The van der Waals surface area contributed by atoms with Crippen LogP contribution in [0.1, 0.15) is 32.6 Å². The molecule has 1 saturated heterocycles. The minimum Gasteiger partial charge on any atom is -0.316 e. The Kier molecular flexibility index (Phi) is 1.25. The first-order valence-corrected chi connectivity index (χ1v) is 5.25. The average Bonchev–Trinajstić information content (AvgIpc) is 2.70. The Labute approximate surface area is 74.1 Å². The Bertz CT molecular complexity index is 214. The Morgan fingerprint density at radius 3 is 2.92 bits per heavy atom. The zero-order valence-corrected chi connectivity index (χ0v) is 7.79. The van der Waals surface area contributed by atoms with Crippen molar-refractivity contribution < 1.29 is 0 Å². The summed E-state index contributed by atoms with van der Waals surface area (Å²) >= 11 is 0. The van der Waals surface area contributed by atoms with Crippen LogP contribution in [0.4, 0.5) is 0 Å². The van der Waals surface area contributed by atoms with Gasteiger partial charge in [0.2, 0.25) is 0 Å². The molecule has 1 aliphatic heterocycles. The predicted octanol–water partition coefficient (Wildman–Crippen LogP) is 1.17. The van der Waals surface area contributed by atoms with E-state index < -0.39 is 0 Å². The second-order valence-electron chi connectivity index (χ2n) is 4.96. The topological polar surface area (TPSA) is 29.3 Å². The molecule has 1 heterocycles. The van der Waals surface area contributed by atoms with Crippen LogP contribution in [0.15, 0.2) is 0 Å². The van der Waals surface area contributed by atoms with Gasteiger partial charge in [0.15, 0.2) is 0 Å². The molecule has 2 heteroatoms. The van der Waals surface area contributed by atoms with E-state index in [9.17, 15) is 0 Å². The zero-order valence-electron chi connectivity index (χ0n) is 7.79. The first-order valence-electron chi connectivity index (χ1n) is 5.25. The fourth-order valence-electron chi connectivity index (χ4n) is 3.59. The number of likely N-dealkylation sites (tertiary alicyclic amines) is 1. The number of rotatable bonds is 1. The summed E-state index contributed by atoms with van der Waals surface area (Å²) < 4.78 is 0. The average molecular weight is 166 g/mol. The fraction of sp³-hybridized carbons (Fsp3) is 1.00. The second-order valence-corrected chi connectivity index (χ2v) is 4.96. The summed E-state index contributed by atoms with van der Waals surface area (Å²) in [5.41, 5.74) is 6.74. The molecular formula is C10H18N2. The quantitative estimate of drug-likeness (QED) is 0.633. The fourth-order valence-corrected chi connectivity index (χ4v) is 3.59. The summed E-state index contributed by atoms with van der Waals surface area (Å²) in [4.78, 5) is 2.53. The molecule has 3 fully saturated rings. The molecule has 0 amide bonds. The minimum absolute atomic E-state index is 0.286. The molecule has 68 valence electrons. The van der Waals surface area contributed by atoms with Crippen molar-refractivity contribution in [2.24, 2.45) is 17.1 Å². The maximum absolute atomic E-state index is 5.96. The van der Waals surface area contributed by atoms with E-state index in [1.54, 1.807) is 0 Å². The molecule has 3 unspecified atom stereocenters. The lowest BCUT2D eigenvalue weighted by Gasteiger charge is -2.50. The number of hydrogen-bond acceptors (Lipinski definition) is 2. The number of nitrogens with zero attached hydrogens (tertiary/aromatic N) is 1. The second kappa shape index (κ2) is 2.05. The number of nitrogens with two attached hydrogens (primary N) is 1. The molecule has 2 aliphatic carbocycles. The van der Waals surface area contributed by atoms with Crippen LogP contribution in [-0.2, 0) is 0 Å². The lowest BCUT2D eigenvalue weighted by Crippen LogP contribution is -2.58. The summed E-state index contributed by atoms with van der Waals surface area (Å²) in [6.45, 7) is 3.39. The van der Waals surface area contributed by atoms with Gasteiger partial charge in [-0.15, -0.1) is 0 Å². The van der Waals surface area contributed by atoms with Gasteiger partial charge >= 0.3 is 0 Å². The molecular weight excluding hydrogens is 148 g/mol. The number of piperidine rings is 1. The highest BCUT2D eigenvalue weighted by Crippen LogP contribution is 2.70. The molecule has 0 radical (unpaired) electrons. The van der Waals surface area contributed by atoms with E-state index in [1.807, 2.05) is 0 Å². The molecule has 2 saturated carbocycles. The molecule has 0 aromatic rings. The van der Waals surface area contributed by atoms with E-state index >= 15 is 0 Å². The lowest BCUT2D eigenvalue weighted by atomic mass is 9.71. The van der Waals surface area contributed by atoms with Gasteiger partial charge in [-0.25, -0.2) is 0 Å². The summed E-state index contributed by atoms with van der Waals surface area (Å²) in [7, 11) is 0. The normalized spacial score (nSPS) is 53.5. The van der Waals surface area contributed by atoms with Crippen molar-refractivity contribution in [2.45, 2.75) is 44.8 Å². The van der Waals surface area contributed by atoms with Crippen molar-refractivity contribution in [1.82, 2.24) is 4.90 Å². The van der Waals surface area contributed by atoms with Crippen LogP contribution in [0.25, 0.3) is 0 Å². The zero-order chi connectivity index (χ0) is 8.34. The van der Waals surface area contributed by atoms with Crippen LogP contribution in [0.2, 0.25) is 0 Å². The monoisotopic (exact) mass is 166 g/mol. The van der Waals surface area contributed by atoms with E-state index in [0.29, 0.717) is 0 Å². The molecule has 1 spiro atoms. The van der Waals surface area contributed by atoms with Crippen LogP contribution in [-0.4, -0.2) is 23.7 Å². The van der Waals surface area contributed by atoms with Crippen molar-refractivity contribution >= 4 is 0 Å². The van der Waals surface area contributed by atoms with Gasteiger partial charge in [0.05, 0.1) is 6.17 Å². The van der Waals surface area contributed by atoms with Gasteiger partial charge in [-0.3, -0.25) is 4.90 Å². The van der Waals surface area contributed by atoms with Gasteiger partial charge in [-0.05, 0) is 43.9 Å². The highest BCUT2D eigenvalue weighted by atomic mass is 15.3. The summed E-state index contributed by atoms with van der Waals surface area (Å²) in [5, 5.41) is 0. The van der Waals surface area contributed by atoms with E-state index in [1.165, 1.54) is 32.2 Å². The standard InChI is InChI=1S/C10H18N2/c1-7(11)12-5-3-8-6-10(8)4-2-9(10)12/h7-9H,2-6,11H2,1H3/t7-,8?,9?,10?/m1/s1. The highest BCUT2D eigenvalue weighted by molar-refractivity contribution is 5.18. The Balaban J connectivity index is 1.81. The molecule has 3 aliphatic rings. The molecule has 3 rings (SSSR count). The lowest BCUT2D eigenvalue weighted by molar-refractivity contribution is -0.0183. The molecule has 12 heavy (non-hydrogen) atoms. The van der Waals surface area contributed by atoms with Gasteiger partial charge in [-0.2, -0.15) is 0 Å². The van der Waals surface area contributed by atoms with Crippen LogP contribution in [0, 0.1) is 11.3 Å². The SMILES string of the molecule is C[C@H](N)N1CCC2CC23CCC13. The van der Waals surface area contributed by atoms with E-state index in [0.717, 1.165) is 17.4 Å². The third kappa shape index (κ3) is 0.686. The van der Waals surface area contributed by atoms with Crippen molar-refractivity contribution in [2.75, 3.05) is 6.54 Å². The van der Waals surface area contributed by atoms with Gasteiger partial charge < -0.3 is 5.73 Å².